The van der Waals surface area contributed by atoms with E-state index in [0.29, 0.717) is 17.4 Å². The van der Waals surface area contributed by atoms with E-state index in [1.54, 1.807) is 0 Å². The lowest BCUT2D eigenvalue weighted by molar-refractivity contribution is -0.870. The van der Waals surface area contributed by atoms with E-state index >= 15 is 0 Å². The summed E-state index contributed by atoms with van der Waals surface area (Å²) in [4.78, 5) is 36.0. The molecule has 0 aromatic heterocycles. The van der Waals surface area contributed by atoms with Crippen molar-refractivity contribution in [2.45, 2.75) is 508 Å². The molecule has 0 amide bonds. The van der Waals surface area contributed by atoms with Crippen LogP contribution in [0.4, 0.5) is 0 Å². The third-order valence-electron chi connectivity index (χ3n) is 21.1. The average molecular weight is 1410 g/mol. The first kappa shape index (κ1) is 97.0. The quantitative estimate of drug-likeness (QED) is 0.0278. The molecular weight excluding hydrogens is 1230 g/mol. The predicted molar refractivity (Wildman–Crippen MR) is 428 cm³/mol. The summed E-state index contributed by atoms with van der Waals surface area (Å²) in [5.41, 5.74) is 0. The molecule has 0 heterocycles. The number of unbranched alkanes of at least 4 members (excludes halogenated alkanes) is 72. The van der Waals surface area contributed by atoms with Gasteiger partial charge in [0.15, 0.2) is 6.10 Å². The van der Waals surface area contributed by atoms with Crippen molar-refractivity contribution in [3.05, 3.63) is 0 Å². The van der Waals surface area contributed by atoms with Gasteiger partial charge in [0, 0.05) is 12.8 Å². The van der Waals surface area contributed by atoms with E-state index < -0.39 is 26.5 Å². The number of hydrogen-bond donors (Lipinski definition) is 1. The summed E-state index contributed by atoms with van der Waals surface area (Å²) in [6.07, 6.45) is 102. The molecule has 0 rings (SSSR count). The number of carbonyl (C=O) groups is 2. The Kier molecular flexibility index (Phi) is 79.3. The van der Waals surface area contributed by atoms with Crippen LogP contribution in [0.5, 0.6) is 0 Å². The van der Waals surface area contributed by atoms with Gasteiger partial charge < -0.3 is 18.9 Å². The van der Waals surface area contributed by atoms with Gasteiger partial charge in [0.25, 0.3) is 0 Å². The second-order valence-corrected chi connectivity index (χ2v) is 33.8. The first-order valence-electron chi connectivity index (χ1n) is 44.8. The van der Waals surface area contributed by atoms with Crippen LogP contribution in [-0.4, -0.2) is 74.9 Å². The lowest BCUT2D eigenvalue weighted by Gasteiger charge is -2.24. The Morgan fingerprint density at radius 3 is 0.653 bits per heavy atom. The first-order valence-corrected chi connectivity index (χ1v) is 46.3. The van der Waals surface area contributed by atoms with Crippen LogP contribution in [0.15, 0.2) is 0 Å². The second kappa shape index (κ2) is 80.1. The Bertz CT molecular complexity index is 1610. The molecule has 2 unspecified atom stereocenters. The topological polar surface area (TPSA) is 108 Å². The normalized spacial score (nSPS) is 12.8. The van der Waals surface area contributed by atoms with Crippen molar-refractivity contribution in [1.82, 2.24) is 0 Å². The number of carbonyl (C=O) groups excluding carboxylic acids is 2. The van der Waals surface area contributed by atoms with E-state index in [2.05, 4.69) is 13.8 Å². The van der Waals surface area contributed by atoms with Crippen LogP contribution in [-0.2, 0) is 32.7 Å². The zero-order valence-corrected chi connectivity index (χ0v) is 68.2. The minimum Gasteiger partial charge on any atom is -0.462 e. The highest BCUT2D eigenvalue weighted by molar-refractivity contribution is 7.47. The summed E-state index contributed by atoms with van der Waals surface area (Å²) >= 11 is 0. The highest BCUT2D eigenvalue weighted by Crippen LogP contribution is 2.43. The van der Waals surface area contributed by atoms with E-state index in [1.807, 2.05) is 21.1 Å². The molecule has 2 atom stereocenters. The number of phosphoric ester groups is 1. The molecule has 0 spiro atoms. The molecule has 586 valence electrons. The van der Waals surface area contributed by atoms with Gasteiger partial charge in [-0.2, -0.15) is 0 Å². The van der Waals surface area contributed by atoms with Gasteiger partial charge in [-0.05, 0) is 12.8 Å². The summed E-state index contributed by atoms with van der Waals surface area (Å²) < 4.78 is 34.9. The molecule has 0 aliphatic rings. The lowest BCUT2D eigenvalue weighted by atomic mass is 10.0. The average Bonchev–Trinajstić information content (AvgIpc) is 1.05. The van der Waals surface area contributed by atoms with Crippen molar-refractivity contribution in [1.29, 1.82) is 0 Å². The maximum absolute atomic E-state index is 12.9. The molecule has 10 heteroatoms. The molecule has 0 aromatic carbocycles. The molecule has 0 bridgehead atoms. The van der Waals surface area contributed by atoms with E-state index in [1.165, 1.54) is 437 Å². The third kappa shape index (κ3) is 84.0. The monoisotopic (exact) mass is 1410 g/mol. The van der Waals surface area contributed by atoms with Gasteiger partial charge in [0.1, 0.15) is 19.8 Å². The molecule has 1 N–H and O–H groups in total. The SMILES string of the molecule is CCCCCCCCCCCCCCCCCCCCCCCCCCCCCCCCCCCCCCCCC(=O)OC(COC(=O)CCCCCCCCCCCCCCCCCCCCCCCCCCCCCCCCCCCCCC)COP(=O)(O)OCC[N+](C)(C)C. The van der Waals surface area contributed by atoms with Crippen molar-refractivity contribution in [2.75, 3.05) is 47.5 Å². The van der Waals surface area contributed by atoms with Gasteiger partial charge >= 0.3 is 19.8 Å². The summed E-state index contributed by atoms with van der Waals surface area (Å²) in [5.74, 6) is -0.762. The van der Waals surface area contributed by atoms with E-state index in [4.69, 9.17) is 18.5 Å². The van der Waals surface area contributed by atoms with Crippen LogP contribution in [0.1, 0.15) is 502 Å². The van der Waals surface area contributed by atoms with Crippen molar-refractivity contribution < 1.29 is 42.1 Å². The van der Waals surface area contributed by atoms with Crippen LogP contribution < -0.4 is 0 Å². The Morgan fingerprint density at radius 1 is 0.276 bits per heavy atom. The van der Waals surface area contributed by atoms with Gasteiger partial charge in [-0.1, -0.05) is 476 Å². The summed E-state index contributed by atoms with van der Waals surface area (Å²) in [6.45, 7) is 4.55. The number of phosphoric acid groups is 1. The number of hydrogen-bond acceptors (Lipinski definition) is 7. The zero-order valence-electron chi connectivity index (χ0n) is 67.3. The molecule has 0 aliphatic heterocycles. The zero-order chi connectivity index (χ0) is 71.1. The number of quaternary nitrogens is 1. The molecule has 0 fully saturated rings. The minimum absolute atomic E-state index is 0.0380. The van der Waals surface area contributed by atoms with E-state index in [9.17, 15) is 19.0 Å². The van der Waals surface area contributed by atoms with Crippen LogP contribution in [0.25, 0.3) is 0 Å². The summed E-state index contributed by atoms with van der Waals surface area (Å²) in [7, 11) is 1.51. The first-order chi connectivity index (χ1) is 48.0. The van der Waals surface area contributed by atoms with Crippen LogP contribution in [0.3, 0.4) is 0 Å². The van der Waals surface area contributed by atoms with Crippen molar-refractivity contribution in [3.63, 3.8) is 0 Å². The Hall–Kier alpha value is -0.990. The number of rotatable bonds is 86. The molecule has 98 heavy (non-hydrogen) atoms. The highest BCUT2D eigenvalue weighted by Gasteiger charge is 2.27. The third-order valence-corrected chi connectivity index (χ3v) is 22.1. The second-order valence-electron chi connectivity index (χ2n) is 32.4. The number of esters is 2. The summed E-state index contributed by atoms with van der Waals surface area (Å²) in [6, 6.07) is 0. The van der Waals surface area contributed by atoms with Gasteiger partial charge in [-0.3, -0.25) is 18.6 Å². The molecular formula is C88H177NO8P+. The fourth-order valence-electron chi connectivity index (χ4n) is 14.3. The fraction of sp³-hybridized carbons (Fsp3) is 0.977. The number of ether oxygens (including phenoxy) is 2. The van der Waals surface area contributed by atoms with Gasteiger partial charge in [-0.25, -0.2) is 4.57 Å². The van der Waals surface area contributed by atoms with Crippen molar-refractivity contribution in [3.8, 4) is 0 Å². The molecule has 0 saturated carbocycles. The fourth-order valence-corrected chi connectivity index (χ4v) is 15.1. The van der Waals surface area contributed by atoms with E-state index in [0.717, 1.165) is 38.5 Å². The molecule has 0 aliphatic carbocycles. The van der Waals surface area contributed by atoms with Crippen molar-refractivity contribution in [2.24, 2.45) is 0 Å². The highest BCUT2D eigenvalue weighted by atomic mass is 31.2. The van der Waals surface area contributed by atoms with Gasteiger partial charge in [0.2, 0.25) is 0 Å². The maximum atomic E-state index is 12.9. The lowest BCUT2D eigenvalue weighted by Crippen LogP contribution is -2.37. The van der Waals surface area contributed by atoms with Crippen LogP contribution in [0.2, 0.25) is 0 Å². The molecule has 9 nitrogen and oxygen atoms in total. The molecule has 0 saturated heterocycles. The maximum Gasteiger partial charge on any atom is 0.472 e. The number of likely N-dealkylation sites (N-methyl/N-ethyl adjacent to an activating group) is 1. The smallest absolute Gasteiger partial charge is 0.462 e. The molecule has 0 aromatic rings. The Labute approximate surface area is 614 Å². The molecule has 0 radical (unpaired) electrons. The van der Waals surface area contributed by atoms with Crippen molar-refractivity contribution >= 4 is 19.8 Å². The standard InChI is InChI=1S/C88H176NO8P/c1-6-8-10-12-14-16-18-20-22-24-26-28-30-32-34-36-38-40-42-44-45-47-49-51-53-55-57-59-61-63-65-67-69-71-73-75-77-79-81-88(91)97-86(85-96-98(92,93)95-83-82-89(3,4)5)84-94-87(90)80-78-76-74-72-70-68-66-64-62-60-58-56-54-52-50-48-46-43-41-39-37-35-33-31-29-27-25-23-21-19-17-15-13-11-9-7-2/h86H,6-85H2,1-5H3/p+1. The Balaban J connectivity index is 3.82. The summed E-state index contributed by atoms with van der Waals surface area (Å²) in [5, 5.41) is 0. The predicted octanol–water partition coefficient (Wildman–Crippen LogP) is 30.0. The van der Waals surface area contributed by atoms with Gasteiger partial charge in [-0.15, -0.1) is 0 Å². The largest absolute Gasteiger partial charge is 0.472 e. The Morgan fingerprint density at radius 2 is 0.459 bits per heavy atom. The minimum atomic E-state index is -4.39. The van der Waals surface area contributed by atoms with E-state index in [-0.39, 0.29) is 25.6 Å². The van der Waals surface area contributed by atoms with Gasteiger partial charge in [0.05, 0.1) is 27.7 Å². The number of nitrogens with zero attached hydrogens (tertiary/aromatic N) is 1. The van der Waals surface area contributed by atoms with Crippen LogP contribution in [0, 0.1) is 0 Å². The van der Waals surface area contributed by atoms with Crippen LogP contribution >= 0.6 is 7.82 Å².